The van der Waals surface area contributed by atoms with Crippen LogP contribution in [0.4, 0.5) is 4.79 Å². The van der Waals surface area contributed by atoms with Crippen molar-refractivity contribution >= 4 is 17.8 Å². The first-order valence-corrected chi connectivity index (χ1v) is 8.47. The zero-order valence-electron chi connectivity index (χ0n) is 14.8. The van der Waals surface area contributed by atoms with Gasteiger partial charge in [-0.1, -0.05) is 60.7 Å². The molecule has 1 unspecified atom stereocenters. The molecule has 138 valence electrons. The Labute approximate surface area is 157 Å². The lowest BCUT2D eigenvalue weighted by molar-refractivity contribution is -0.137. The number of benzene rings is 2. The van der Waals surface area contributed by atoms with Crippen LogP contribution in [0, 0.1) is 0 Å². The topological polar surface area (TPSA) is 72.9 Å². The van der Waals surface area contributed by atoms with E-state index in [9.17, 15) is 14.4 Å². The normalized spacial score (nSPS) is 16.0. The minimum Gasteiger partial charge on any atom is -0.465 e. The van der Waals surface area contributed by atoms with Gasteiger partial charge < -0.3 is 9.47 Å². The number of Topliss-reactive ketones (excluding diaryl/α,β-unsaturated/α-hetero) is 1. The number of nitrogens with zero attached hydrogens (tertiary/aromatic N) is 1. The van der Waals surface area contributed by atoms with E-state index in [1.165, 1.54) is 18.2 Å². The van der Waals surface area contributed by atoms with Crippen molar-refractivity contribution < 1.29 is 23.9 Å². The van der Waals surface area contributed by atoms with Gasteiger partial charge in [0.2, 0.25) is 0 Å². The summed E-state index contributed by atoms with van der Waals surface area (Å²) in [7, 11) is 1.19. The van der Waals surface area contributed by atoms with Gasteiger partial charge >= 0.3 is 12.1 Å². The summed E-state index contributed by atoms with van der Waals surface area (Å²) in [5.41, 5.74) is 1.54. The van der Waals surface area contributed by atoms with Crippen molar-refractivity contribution in [2.45, 2.75) is 19.1 Å². The third-order valence-corrected chi connectivity index (χ3v) is 4.27. The second kappa shape index (κ2) is 8.31. The number of ketones is 1. The van der Waals surface area contributed by atoms with Crippen molar-refractivity contribution in [2.75, 3.05) is 7.11 Å². The molecular formula is C21H19NO5. The largest absolute Gasteiger partial charge is 0.465 e. The molecule has 1 atom stereocenters. The highest BCUT2D eigenvalue weighted by molar-refractivity contribution is 6.21. The Morgan fingerprint density at radius 1 is 0.963 bits per heavy atom. The molecule has 0 spiro atoms. The molecule has 0 fully saturated rings. The smallest absolute Gasteiger partial charge is 0.414 e. The van der Waals surface area contributed by atoms with Crippen molar-refractivity contribution in [3.8, 4) is 0 Å². The van der Waals surface area contributed by atoms with Crippen molar-refractivity contribution in [1.82, 2.24) is 4.90 Å². The fourth-order valence-electron chi connectivity index (χ4n) is 2.86. The molecule has 6 nitrogen and oxygen atoms in total. The third-order valence-electron chi connectivity index (χ3n) is 4.27. The molecule has 1 aliphatic rings. The average molecular weight is 365 g/mol. The third kappa shape index (κ3) is 4.23. The second-order valence-electron chi connectivity index (χ2n) is 6.05. The summed E-state index contributed by atoms with van der Waals surface area (Å²) in [4.78, 5) is 38.3. The van der Waals surface area contributed by atoms with Crippen LogP contribution in [0.25, 0.3) is 0 Å². The summed E-state index contributed by atoms with van der Waals surface area (Å²) in [5, 5.41) is 0. The van der Waals surface area contributed by atoms with Crippen molar-refractivity contribution in [1.29, 1.82) is 0 Å². The van der Waals surface area contributed by atoms with Crippen molar-refractivity contribution in [3.63, 3.8) is 0 Å². The molecule has 0 aliphatic carbocycles. The molecular weight excluding hydrogens is 346 g/mol. The monoisotopic (exact) mass is 365 g/mol. The summed E-state index contributed by atoms with van der Waals surface area (Å²) < 4.78 is 9.98. The van der Waals surface area contributed by atoms with E-state index in [4.69, 9.17) is 4.74 Å². The number of esters is 1. The molecule has 0 N–H and O–H groups in total. The summed E-state index contributed by atoms with van der Waals surface area (Å²) in [6.45, 7) is 0.0732. The second-order valence-corrected chi connectivity index (χ2v) is 6.05. The van der Waals surface area contributed by atoms with Gasteiger partial charge in [0.25, 0.3) is 0 Å². The molecule has 1 amide bonds. The summed E-state index contributed by atoms with van der Waals surface area (Å²) in [5.74, 6) is -1.22. The van der Waals surface area contributed by atoms with Crippen LogP contribution in [0.5, 0.6) is 0 Å². The zero-order valence-corrected chi connectivity index (χ0v) is 14.8. The van der Waals surface area contributed by atoms with Crippen molar-refractivity contribution in [2.24, 2.45) is 0 Å². The Morgan fingerprint density at radius 2 is 1.56 bits per heavy atom. The fourth-order valence-corrected chi connectivity index (χ4v) is 2.86. The lowest BCUT2D eigenvalue weighted by atomic mass is 10.0. The SMILES string of the molecule is COC(=O)C1=CN(C(=O)OCc2ccccc2)C(Cc2ccccc2)C1=O. The van der Waals surface area contributed by atoms with E-state index >= 15 is 0 Å². The first-order valence-electron chi connectivity index (χ1n) is 8.47. The van der Waals surface area contributed by atoms with Crippen LogP contribution in [0.2, 0.25) is 0 Å². The average Bonchev–Trinajstić information content (AvgIpc) is 3.03. The van der Waals surface area contributed by atoms with E-state index in [2.05, 4.69) is 4.74 Å². The number of carbonyl (C=O) groups is 3. The molecule has 3 rings (SSSR count). The van der Waals surface area contributed by atoms with Gasteiger partial charge in [0.05, 0.1) is 7.11 Å². The molecule has 0 aromatic heterocycles. The molecule has 27 heavy (non-hydrogen) atoms. The van der Waals surface area contributed by atoms with Crippen LogP contribution in [0.1, 0.15) is 11.1 Å². The van der Waals surface area contributed by atoms with E-state index in [-0.39, 0.29) is 18.6 Å². The molecule has 2 aromatic carbocycles. The lowest BCUT2D eigenvalue weighted by Crippen LogP contribution is -2.39. The Hall–Kier alpha value is -3.41. The van der Waals surface area contributed by atoms with Gasteiger partial charge in [0.1, 0.15) is 18.2 Å². The van der Waals surface area contributed by atoms with E-state index in [0.29, 0.717) is 0 Å². The van der Waals surface area contributed by atoms with Gasteiger partial charge in [-0.05, 0) is 11.1 Å². The molecule has 0 saturated heterocycles. The van der Waals surface area contributed by atoms with Crippen LogP contribution >= 0.6 is 0 Å². The molecule has 0 bridgehead atoms. The first-order chi connectivity index (χ1) is 13.1. The predicted molar refractivity (Wildman–Crippen MR) is 97.5 cm³/mol. The van der Waals surface area contributed by atoms with E-state index < -0.39 is 23.9 Å². The number of amides is 1. The van der Waals surface area contributed by atoms with Gasteiger partial charge in [0.15, 0.2) is 5.78 Å². The maximum absolute atomic E-state index is 12.7. The number of hydrogen-bond acceptors (Lipinski definition) is 5. The summed E-state index contributed by atoms with van der Waals surface area (Å²) in [6, 6.07) is 17.7. The Morgan fingerprint density at radius 3 is 2.15 bits per heavy atom. The molecule has 2 aromatic rings. The van der Waals surface area contributed by atoms with Crippen LogP contribution in [0.3, 0.4) is 0 Å². The van der Waals surface area contributed by atoms with Gasteiger partial charge in [-0.3, -0.25) is 9.69 Å². The molecule has 1 heterocycles. The zero-order chi connectivity index (χ0) is 19.2. The van der Waals surface area contributed by atoms with Gasteiger partial charge in [-0.15, -0.1) is 0 Å². The summed E-state index contributed by atoms with van der Waals surface area (Å²) in [6.07, 6.45) is 0.804. The highest BCUT2D eigenvalue weighted by atomic mass is 16.6. The maximum atomic E-state index is 12.7. The number of rotatable bonds is 5. The van der Waals surface area contributed by atoms with Crippen LogP contribution < -0.4 is 0 Å². The van der Waals surface area contributed by atoms with Gasteiger partial charge in [0, 0.05) is 12.6 Å². The van der Waals surface area contributed by atoms with Crippen LogP contribution in [-0.2, 0) is 32.1 Å². The molecule has 1 aliphatic heterocycles. The van der Waals surface area contributed by atoms with E-state index in [1.807, 2.05) is 60.7 Å². The van der Waals surface area contributed by atoms with E-state index in [0.717, 1.165) is 11.1 Å². The molecule has 0 saturated carbocycles. The predicted octanol–water partition coefficient (Wildman–Crippen LogP) is 2.88. The van der Waals surface area contributed by atoms with E-state index in [1.54, 1.807) is 0 Å². The highest BCUT2D eigenvalue weighted by Gasteiger charge is 2.41. The van der Waals surface area contributed by atoms with Gasteiger partial charge in [-0.2, -0.15) is 0 Å². The van der Waals surface area contributed by atoms with Gasteiger partial charge in [-0.25, -0.2) is 9.59 Å². The summed E-state index contributed by atoms with van der Waals surface area (Å²) >= 11 is 0. The standard InChI is InChI=1S/C21H19NO5/c1-26-20(24)17-13-22(21(25)27-14-16-10-6-3-7-11-16)18(19(17)23)12-15-8-4-2-5-9-15/h2-11,13,18H,12,14H2,1H3. The minimum absolute atomic E-state index is 0.0732. The van der Waals surface area contributed by atoms with Crippen LogP contribution in [-0.4, -0.2) is 35.9 Å². The number of methoxy groups -OCH3 is 1. The Bertz CT molecular complexity index is 861. The molecule has 6 heteroatoms. The molecule has 0 radical (unpaired) electrons. The first kappa shape index (κ1) is 18.4. The minimum atomic E-state index is -0.843. The lowest BCUT2D eigenvalue weighted by Gasteiger charge is -2.22. The number of ether oxygens (including phenoxy) is 2. The maximum Gasteiger partial charge on any atom is 0.414 e. The van der Waals surface area contributed by atoms with Crippen LogP contribution in [0.15, 0.2) is 72.4 Å². The Balaban J connectivity index is 1.78. The fraction of sp³-hybridized carbons (Fsp3) is 0.190. The number of hydrogen-bond donors (Lipinski definition) is 0. The van der Waals surface area contributed by atoms with Crippen molar-refractivity contribution in [3.05, 3.63) is 83.6 Å². The number of carbonyl (C=O) groups excluding carboxylic acids is 3. The quantitative estimate of drug-likeness (QED) is 0.602. The Kier molecular flexibility index (Phi) is 5.66. The highest BCUT2D eigenvalue weighted by Crippen LogP contribution is 2.24.